The van der Waals surface area contributed by atoms with E-state index in [0.29, 0.717) is 11.7 Å². The van der Waals surface area contributed by atoms with Gasteiger partial charge in [-0.2, -0.15) is 0 Å². The molecule has 1 nitrogen and oxygen atoms in total. The van der Waals surface area contributed by atoms with E-state index in [2.05, 4.69) is 6.92 Å². The first kappa shape index (κ1) is 6.79. The third kappa shape index (κ3) is 1.54. The number of carbonyl (C=O) groups is 1. The molecule has 0 aromatic heterocycles. The standard InChI is InChI=1S/C8H14O/c1-2-4-7-5-3-6-8(7)9/h7H,2-6H2,1H3/t7-/m1/s1. The Labute approximate surface area is 56.4 Å². The second-order valence-corrected chi connectivity index (χ2v) is 2.84. The van der Waals surface area contributed by atoms with Crippen molar-refractivity contribution in [2.24, 2.45) is 5.92 Å². The second kappa shape index (κ2) is 3.00. The van der Waals surface area contributed by atoms with Crippen molar-refractivity contribution in [3.05, 3.63) is 0 Å². The Balaban J connectivity index is 2.31. The molecular formula is C8H14O. The Morgan fingerprint density at radius 3 is 2.89 bits per heavy atom. The van der Waals surface area contributed by atoms with Crippen molar-refractivity contribution < 1.29 is 4.79 Å². The van der Waals surface area contributed by atoms with Gasteiger partial charge in [-0.05, 0) is 19.3 Å². The number of rotatable bonds is 2. The number of hydrogen-bond acceptors (Lipinski definition) is 1. The molecule has 1 aliphatic rings. The Kier molecular flexibility index (Phi) is 2.26. The van der Waals surface area contributed by atoms with Crippen LogP contribution < -0.4 is 0 Å². The molecule has 0 aromatic rings. The lowest BCUT2D eigenvalue weighted by Crippen LogP contribution is -2.04. The lowest BCUT2D eigenvalue weighted by molar-refractivity contribution is -0.120. The maximum atomic E-state index is 11.0. The van der Waals surface area contributed by atoms with E-state index in [1.807, 2.05) is 0 Å². The van der Waals surface area contributed by atoms with Crippen LogP contribution >= 0.6 is 0 Å². The van der Waals surface area contributed by atoms with Crippen LogP contribution in [-0.4, -0.2) is 5.78 Å². The molecule has 0 spiro atoms. The minimum Gasteiger partial charge on any atom is -0.299 e. The molecule has 1 atom stereocenters. The van der Waals surface area contributed by atoms with Gasteiger partial charge in [-0.25, -0.2) is 0 Å². The van der Waals surface area contributed by atoms with Crippen LogP contribution in [0.1, 0.15) is 39.0 Å². The number of hydrogen-bond donors (Lipinski definition) is 0. The third-order valence-corrected chi connectivity index (χ3v) is 2.07. The first-order chi connectivity index (χ1) is 4.34. The average molecular weight is 126 g/mol. The number of ketones is 1. The van der Waals surface area contributed by atoms with Crippen LogP contribution in [0.4, 0.5) is 0 Å². The summed E-state index contributed by atoms with van der Waals surface area (Å²) in [5.41, 5.74) is 0. The van der Waals surface area contributed by atoms with Crippen molar-refractivity contribution in [2.75, 3.05) is 0 Å². The summed E-state index contributed by atoms with van der Waals surface area (Å²) in [6.07, 6.45) is 5.44. The van der Waals surface area contributed by atoms with E-state index in [-0.39, 0.29) is 0 Å². The van der Waals surface area contributed by atoms with Crippen molar-refractivity contribution in [1.29, 1.82) is 0 Å². The lowest BCUT2D eigenvalue weighted by Gasteiger charge is -2.02. The van der Waals surface area contributed by atoms with E-state index in [9.17, 15) is 4.79 Å². The van der Waals surface area contributed by atoms with Gasteiger partial charge in [0.05, 0.1) is 0 Å². The Morgan fingerprint density at radius 2 is 2.44 bits per heavy atom. The monoisotopic (exact) mass is 126 g/mol. The molecule has 0 bridgehead atoms. The van der Waals surface area contributed by atoms with Crippen LogP contribution in [0.2, 0.25) is 0 Å². The van der Waals surface area contributed by atoms with Crippen LogP contribution in [0, 0.1) is 5.92 Å². The van der Waals surface area contributed by atoms with Crippen molar-refractivity contribution in [1.82, 2.24) is 0 Å². The van der Waals surface area contributed by atoms with E-state index >= 15 is 0 Å². The van der Waals surface area contributed by atoms with Gasteiger partial charge in [0.15, 0.2) is 0 Å². The Bertz CT molecular complexity index is 107. The van der Waals surface area contributed by atoms with Crippen molar-refractivity contribution in [2.45, 2.75) is 39.0 Å². The molecule has 1 fully saturated rings. The van der Waals surface area contributed by atoms with E-state index in [4.69, 9.17) is 0 Å². The first-order valence-electron chi connectivity index (χ1n) is 3.87. The molecule has 0 N–H and O–H groups in total. The highest BCUT2D eigenvalue weighted by atomic mass is 16.1. The molecule has 0 saturated heterocycles. The third-order valence-electron chi connectivity index (χ3n) is 2.07. The van der Waals surface area contributed by atoms with Gasteiger partial charge in [-0.3, -0.25) is 4.79 Å². The first-order valence-corrected chi connectivity index (χ1v) is 3.87. The molecule has 1 saturated carbocycles. The minimum absolute atomic E-state index is 0.440. The van der Waals surface area contributed by atoms with Crippen molar-refractivity contribution >= 4 is 5.78 Å². The quantitative estimate of drug-likeness (QED) is 0.554. The Morgan fingerprint density at radius 1 is 1.67 bits per heavy atom. The van der Waals surface area contributed by atoms with Crippen molar-refractivity contribution in [3.63, 3.8) is 0 Å². The molecule has 1 rings (SSSR count). The maximum absolute atomic E-state index is 11.0. The normalized spacial score (nSPS) is 27.2. The summed E-state index contributed by atoms with van der Waals surface area (Å²) < 4.78 is 0. The molecule has 52 valence electrons. The molecular weight excluding hydrogens is 112 g/mol. The molecule has 1 heteroatoms. The zero-order valence-electron chi connectivity index (χ0n) is 6.02. The molecule has 0 aliphatic heterocycles. The number of carbonyl (C=O) groups excluding carboxylic acids is 1. The molecule has 0 unspecified atom stereocenters. The zero-order valence-corrected chi connectivity index (χ0v) is 6.02. The van der Waals surface area contributed by atoms with Gasteiger partial charge in [0.25, 0.3) is 0 Å². The molecule has 0 aromatic carbocycles. The summed E-state index contributed by atoms with van der Waals surface area (Å²) in [6, 6.07) is 0. The van der Waals surface area contributed by atoms with E-state index in [1.165, 1.54) is 0 Å². The van der Waals surface area contributed by atoms with Crippen LogP contribution in [-0.2, 0) is 4.79 Å². The fraction of sp³-hybridized carbons (Fsp3) is 0.875. The van der Waals surface area contributed by atoms with Gasteiger partial charge >= 0.3 is 0 Å². The predicted octanol–water partition coefficient (Wildman–Crippen LogP) is 2.16. The van der Waals surface area contributed by atoms with Gasteiger partial charge < -0.3 is 0 Å². The van der Waals surface area contributed by atoms with Crippen LogP contribution in [0.15, 0.2) is 0 Å². The topological polar surface area (TPSA) is 17.1 Å². The summed E-state index contributed by atoms with van der Waals surface area (Å²) in [5.74, 6) is 0.951. The SMILES string of the molecule is CCC[C@@H]1CCCC1=O. The predicted molar refractivity (Wildman–Crippen MR) is 37.3 cm³/mol. The summed E-state index contributed by atoms with van der Waals surface area (Å²) in [4.78, 5) is 11.0. The summed E-state index contributed by atoms with van der Waals surface area (Å²) in [6.45, 7) is 2.14. The van der Waals surface area contributed by atoms with Gasteiger partial charge in [0, 0.05) is 12.3 Å². The number of Topliss-reactive ketones (excluding diaryl/α,β-unsaturated/α-hetero) is 1. The summed E-state index contributed by atoms with van der Waals surface area (Å²) in [5, 5.41) is 0. The molecule has 1 aliphatic carbocycles. The summed E-state index contributed by atoms with van der Waals surface area (Å²) >= 11 is 0. The molecule has 9 heavy (non-hydrogen) atoms. The maximum Gasteiger partial charge on any atom is 0.135 e. The fourth-order valence-electron chi connectivity index (χ4n) is 1.54. The van der Waals surface area contributed by atoms with E-state index in [0.717, 1.165) is 32.1 Å². The highest BCUT2D eigenvalue weighted by Gasteiger charge is 2.22. The fourth-order valence-corrected chi connectivity index (χ4v) is 1.54. The van der Waals surface area contributed by atoms with Crippen molar-refractivity contribution in [3.8, 4) is 0 Å². The van der Waals surface area contributed by atoms with Crippen LogP contribution in [0.5, 0.6) is 0 Å². The van der Waals surface area contributed by atoms with E-state index in [1.54, 1.807) is 0 Å². The minimum atomic E-state index is 0.440. The van der Waals surface area contributed by atoms with Crippen LogP contribution in [0.3, 0.4) is 0 Å². The summed E-state index contributed by atoms with van der Waals surface area (Å²) in [7, 11) is 0. The molecule has 0 radical (unpaired) electrons. The zero-order chi connectivity index (χ0) is 6.69. The highest BCUT2D eigenvalue weighted by molar-refractivity contribution is 5.82. The van der Waals surface area contributed by atoms with Crippen LogP contribution in [0.25, 0.3) is 0 Å². The Hall–Kier alpha value is -0.330. The molecule has 0 amide bonds. The van der Waals surface area contributed by atoms with Gasteiger partial charge in [-0.15, -0.1) is 0 Å². The van der Waals surface area contributed by atoms with Gasteiger partial charge in [0.2, 0.25) is 0 Å². The highest BCUT2D eigenvalue weighted by Crippen LogP contribution is 2.24. The smallest absolute Gasteiger partial charge is 0.135 e. The van der Waals surface area contributed by atoms with E-state index < -0.39 is 0 Å². The lowest BCUT2D eigenvalue weighted by atomic mass is 10.0. The second-order valence-electron chi connectivity index (χ2n) is 2.84. The largest absolute Gasteiger partial charge is 0.299 e. The van der Waals surface area contributed by atoms with Gasteiger partial charge in [0.1, 0.15) is 5.78 Å². The average Bonchev–Trinajstić information content (AvgIpc) is 2.18. The molecule has 0 heterocycles. The van der Waals surface area contributed by atoms with Gasteiger partial charge in [-0.1, -0.05) is 13.3 Å².